The molecule has 2 aliphatic heterocycles. The van der Waals surface area contributed by atoms with Crippen molar-refractivity contribution >= 4 is 17.7 Å². The van der Waals surface area contributed by atoms with Gasteiger partial charge in [0, 0.05) is 67.6 Å². The van der Waals surface area contributed by atoms with Crippen LogP contribution in [0.4, 0.5) is 0 Å². The molecule has 3 fully saturated rings. The van der Waals surface area contributed by atoms with Gasteiger partial charge in [0.2, 0.25) is 5.91 Å². The molecular weight excluding hydrogens is 544 g/mol. The number of esters is 1. The molecule has 1 amide bonds. The Kier molecular flexibility index (Phi) is 7.23. The SMILES string of the molecule is CC(=O)Oc1cc(O)c2c3c1O[C@H]1[C@@H](N(C)C(=O)CCCCC(=O)c4ccccc4)CC[C@H]4[C@@H](C2)N(CC2CC2)CC[C@@]341. The van der Waals surface area contributed by atoms with Crippen LogP contribution < -0.4 is 9.47 Å². The van der Waals surface area contributed by atoms with Crippen LogP contribution in [0, 0.1) is 11.8 Å². The number of rotatable bonds is 10. The molecule has 2 saturated carbocycles. The maximum Gasteiger partial charge on any atom is 0.308 e. The van der Waals surface area contributed by atoms with Crippen LogP contribution in [0.2, 0.25) is 0 Å². The van der Waals surface area contributed by atoms with Gasteiger partial charge in [-0.2, -0.15) is 0 Å². The van der Waals surface area contributed by atoms with E-state index in [1.807, 2.05) is 42.3 Å². The second-order valence-corrected chi connectivity index (χ2v) is 13.5. The molecular formula is C35H42N2O6. The quantitative estimate of drug-likeness (QED) is 0.180. The van der Waals surface area contributed by atoms with Crippen LogP contribution in [-0.2, 0) is 21.4 Å². The maximum absolute atomic E-state index is 13.6. The van der Waals surface area contributed by atoms with Gasteiger partial charge in [0.25, 0.3) is 0 Å². The molecule has 0 aromatic heterocycles. The summed E-state index contributed by atoms with van der Waals surface area (Å²) in [5.74, 6) is 1.89. The van der Waals surface area contributed by atoms with Crippen LogP contribution in [0.25, 0.3) is 0 Å². The van der Waals surface area contributed by atoms with Crippen LogP contribution in [0.3, 0.4) is 0 Å². The molecule has 5 atom stereocenters. The summed E-state index contributed by atoms with van der Waals surface area (Å²) in [6, 6.07) is 11.1. The molecule has 1 spiro atoms. The number of aromatic hydroxyl groups is 1. The van der Waals surface area contributed by atoms with Gasteiger partial charge in [0.15, 0.2) is 17.3 Å². The van der Waals surface area contributed by atoms with E-state index in [-0.39, 0.29) is 40.8 Å². The first-order chi connectivity index (χ1) is 20.8. The Balaban J connectivity index is 1.12. The molecule has 8 heteroatoms. The second kappa shape index (κ2) is 11.0. The van der Waals surface area contributed by atoms with Crippen LogP contribution in [0.1, 0.15) is 86.2 Å². The second-order valence-electron chi connectivity index (χ2n) is 13.5. The molecule has 7 rings (SSSR count). The monoisotopic (exact) mass is 586 g/mol. The van der Waals surface area contributed by atoms with Crippen molar-refractivity contribution in [3.8, 4) is 17.2 Å². The number of carbonyl (C=O) groups is 3. The van der Waals surface area contributed by atoms with Gasteiger partial charge in [-0.1, -0.05) is 30.3 Å². The van der Waals surface area contributed by atoms with Crippen molar-refractivity contribution in [1.29, 1.82) is 0 Å². The van der Waals surface area contributed by atoms with E-state index >= 15 is 0 Å². The van der Waals surface area contributed by atoms with Gasteiger partial charge < -0.3 is 19.5 Å². The fourth-order valence-electron chi connectivity index (χ4n) is 8.83. The van der Waals surface area contributed by atoms with Crippen LogP contribution in [-0.4, -0.2) is 70.9 Å². The van der Waals surface area contributed by atoms with E-state index in [1.54, 1.807) is 6.07 Å². The minimum atomic E-state index is -0.453. The van der Waals surface area contributed by atoms with E-state index in [1.165, 1.54) is 19.8 Å². The third-order valence-electron chi connectivity index (χ3n) is 11.0. The number of phenolic OH excluding ortho intramolecular Hbond substituents is 1. The van der Waals surface area contributed by atoms with E-state index < -0.39 is 5.97 Å². The van der Waals surface area contributed by atoms with Crippen molar-refractivity contribution in [1.82, 2.24) is 9.80 Å². The van der Waals surface area contributed by atoms with Crippen molar-refractivity contribution in [2.45, 2.75) is 94.7 Å². The lowest BCUT2D eigenvalue weighted by molar-refractivity contribution is -0.140. The largest absolute Gasteiger partial charge is 0.508 e. The maximum atomic E-state index is 13.6. The molecule has 228 valence electrons. The van der Waals surface area contributed by atoms with Gasteiger partial charge in [-0.15, -0.1) is 0 Å². The first-order valence-corrected chi connectivity index (χ1v) is 16.1. The number of nitrogens with zero attached hydrogens (tertiary/aromatic N) is 2. The topological polar surface area (TPSA) is 96.4 Å². The molecule has 2 bridgehead atoms. The highest BCUT2D eigenvalue weighted by Gasteiger charge is 2.67. The third-order valence-corrected chi connectivity index (χ3v) is 11.0. The number of unbranched alkanes of at least 4 members (excludes halogenated alkanes) is 1. The lowest BCUT2D eigenvalue weighted by Gasteiger charge is -2.60. The number of phenols is 1. The zero-order valence-electron chi connectivity index (χ0n) is 25.2. The highest BCUT2D eigenvalue weighted by Crippen LogP contribution is 2.65. The van der Waals surface area contributed by atoms with Gasteiger partial charge in [-0.3, -0.25) is 19.3 Å². The van der Waals surface area contributed by atoms with Crippen LogP contribution in [0.5, 0.6) is 17.2 Å². The van der Waals surface area contributed by atoms with E-state index in [0.717, 1.165) is 55.8 Å². The fourth-order valence-corrected chi connectivity index (χ4v) is 8.83. The number of ketones is 1. The first-order valence-electron chi connectivity index (χ1n) is 16.1. The lowest BCUT2D eigenvalue weighted by Crippen LogP contribution is -2.69. The number of likely N-dealkylation sites (tertiary alicyclic amines) is 1. The number of hydrogen-bond donors (Lipinski definition) is 1. The number of likely N-dealkylation sites (N-methyl/N-ethyl adjacent to an activating group) is 1. The molecule has 1 N–H and O–H groups in total. The Morgan fingerprint density at radius 1 is 1.09 bits per heavy atom. The Bertz CT molecular complexity index is 1440. The predicted octanol–water partition coefficient (Wildman–Crippen LogP) is 5.04. The molecule has 2 heterocycles. The van der Waals surface area contributed by atoms with Crippen LogP contribution >= 0.6 is 0 Å². The molecule has 0 radical (unpaired) electrons. The van der Waals surface area contributed by atoms with Gasteiger partial charge in [0.1, 0.15) is 11.9 Å². The summed E-state index contributed by atoms with van der Waals surface area (Å²) >= 11 is 0. The highest BCUT2D eigenvalue weighted by atomic mass is 16.6. The van der Waals surface area contributed by atoms with Crippen molar-refractivity contribution < 1.29 is 29.0 Å². The number of ether oxygens (including phenoxy) is 2. The van der Waals surface area contributed by atoms with E-state index in [2.05, 4.69) is 4.90 Å². The molecule has 0 unspecified atom stereocenters. The molecule has 43 heavy (non-hydrogen) atoms. The van der Waals surface area contributed by atoms with E-state index in [0.29, 0.717) is 49.0 Å². The fraction of sp³-hybridized carbons (Fsp3) is 0.571. The summed E-state index contributed by atoms with van der Waals surface area (Å²) in [7, 11) is 1.89. The Labute approximate surface area is 253 Å². The first kappa shape index (κ1) is 28.4. The molecule has 2 aromatic carbocycles. The smallest absolute Gasteiger partial charge is 0.308 e. The van der Waals surface area contributed by atoms with Crippen molar-refractivity contribution in [3.05, 3.63) is 53.1 Å². The number of hydrogen-bond acceptors (Lipinski definition) is 7. The molecule has 8 nitrogen and oxygen atoms in total. The normalized spacial score (nSPS) is 28.5. The number of carbonyl (C=O) groups excluding carboxylic acids is 3. The minimum Gasteiger partial charge on any atom is -0.508 e. The summed E-state index contributed by atoms with van der Waals surface area (Å²) in [4.78, 5) is 42.7. The summed E-state index contributed by atoms with van der Waals surface area (Å²) in [6.45, 7) is 3.45. The molecule has 3 aliphatic carbocycles. The van der Waals surface area contributed by atoms with Crippen molar-refractivity contribution in [2.75, 3.05) is 20.1 Å². The standard InChI is InChI=1S/C35H42N2O6/c1-21(38)42-30-19-29(40)24-18-27-25-14-15-26(36(2)31(41)11-7-6-10-28(39)23-8-4-3-5-9-23)34-35(25,32(24)33(30)43-34)16-17-37(27)20-22-12-13-22/h3-5,8-9,19,22,25-27,34,40H,6-7,10-18,20H2,1-2H3/t25-,26-,27+,34-,35-/m0/s1. The number of benzene rings is 2. The number of piperidine rings is 1. The van der Waals surface area contributed by atoms with Crippen molar-refractivity contribution in [2.24, 2.45) is 11.8 Å². The Morgan fingerprint density at radius 2 is 1.86 bits per heavy atom. The molecule has 2 aromatic rings. The molecule has 5 aliphatic rings. The summed E-state index contributed by atoms with van der Waals surface area (Å²) in [6.07, 6.45) is 7.97. The zero-order valence-corrected chi connectivity index (χ0v) is 25.2. The van der Waals surface area contributed by atoms with Gasteiger partial charge in [-0.05, 0) is 69.7 Å². The van der Waals surface area contributed by atoms with Gasteiger partial charge >= 0.3 is 5.97 Å². The van der Waals surface area contributed by atoms with E-state index in [4.69, 9.17) is 9.47 Å². The van der Waals surface area contributed by atoms with Gasteiger partial charge in [0.05, 0.1) is 6.04 Å². The highest BCUT2D eigenvalue weighted by molar-refractivity contribution is 5.96. The van der Waals surface area contributed by atoms with E-state index in [9.17, 15) is 19.5 Å². The average Bonchev–Trinajstić information content (AvgIpc) is 3.75. The van der Waals surface area contributed by atoms with Gasteiger partial charge in [-0.25, -0.2) is 0 Å². The minimum absolute atomic E-state index is 0.0633. The number of amides is 1. The Hall–Kier alpha value is -3.39. The van der Waals surface area contributed by atoms with Crippen molar-refractivity contribution in [3.63, 3.8) is 0 Å². The Morgan fingerprint density at radius 3 is 2.60 bits per heavy atom. The summed E-state index contributed by atoms with van der Waals surface area (Å²) in [5.41, 5.74) is 2.33. The lowest BCUT2D eigenvalue weighted by atomic mass is 9.50. The zero-order chi connectivity index (χ0) is 29.9. The molecule has 1 saturated heterocycles. The summed E-state index contributed by atoms with van der Waals surface area (Å²) in [5, 5.41) is 11.3. The van der Waals surface area contributed by atoms with Crippen LogP contribution in [0.15, 0.2) is 36.4 Å². The third kappa shape index (κ3) is 4.82. The predicted molar refractivity (Wildman–Crippen MR) is 160 cm³/mol. The average molecular weight is 587 g/mol. The number of Topliss-reactive ketones (excluding diaryl/α,β-unsaturated/α-hetero) is 1. The summed E-state index contributed by atoms with van der Waals surface area (Å²) < 4.78 is 12.4.